The molecule has 0 aliphatic carbocycles. The lowest BCUT2D eigenvalue weighted by atomic mass is 9.72. The summed E-state index contributed by atoms with van der Waals surface area (Å²) in [5, 5.41) is 7.63. The van der Waals surface area contributed by atoms with Gasteiger partial charge in [0.2, 0.25) is 12.3 Å². The molecular formula is C24H23Cl2F2N5O4S. The number of nitrogens with zero attached hydrogens (tertiary/aromatic N) is 5. The fraction of sp³-hybridized carbons (Fsp3) is 0.458. The Morgan fingerprint density at radius 2 is 1.92 bits per heavy atom. The van der Waals surface area contributed by atoms with Gasteiger partial charge in [-0.25, -0.2) is 0 Å². The van der Waals surface area contributed by atoms with Gasteiger partial charge in [-0.15, -0.1) is 21.5 Å². The van der Waals surface area contributed by atoms with Gasteiger partial charge in [0.05, 0.1) is 27.7 Å². The summed E-state index contributed by atoms with van der Waals surface area (Å²) in [5.41, 5.74) is 0.568. The van der Waals surface area contributed by atoms with E-state index in [1.807, 2.05) is 0 Å². The first-order valence-corrected chi connectivity index (χ1v) is 13.5. The van der Waals surface area contributed by atoms with Crippen molar-refractivity contribution in [3.63, 3.8) is 0 Å². The zero-order chi connectivity index (χ0) is 26.9. The fourth-order valence-electron chi connectivity index (χ4n) is 4.93. The Labute approximate surface area is 230 Å². The smallest absolute Gasteiger partial charge is 0.349 e. The fourth-order valence-corrected chi connectivity index (χ4v) is 5.81. The Morgan fingerprint density at radius 1 is 1.16 bits per heavy atom. The summed E-state index contributed by atoms with van der Waals surface area (Å²) in [5.74, 6) is -5.21. The van der Waals surface area contributed by atoms with Gasteiger partial charge in [0.15, 0.2) is 0 Å². The van der Waals surface area contributed by atoms with Gasteiger partial charge >= 0.3 is 5.92 Å². The number of likely N-dealkylation sites (tertiary alicyclic amines) is 2. The van der Waals surface area contributed by atoms with E-state index >= 15 is 8.78 Å². The van der Waals surface area contributed by atoms with E-state index in [0.29, 0.717) is 30.9 Å². The summed E-state index contributed by atoms with van der Waals surface area (Å²) in [4.78, 5) is 31.6. The van der Waals surface area contributed by atoms with Crippen molar-refractivity contribution >= 4 is 46.9 Å². The molecular weight excluding hydrogens is 563 g/mol. The van der Waals surface area contributed by atoms with Gasteiger partial charge in [-0.05, 0) is 25.0 Å². The molecule has 202 valence electrons. The molecule has 5 heterocycles. The number of carbonyl (C=O) groups excluding carboxylic acids is 2. The first-order chi connectivity index (χ1) is 18.2. The summed E-state index contributed by atoms with van der Waals surface area (Å²) in [7, 11) is 0. The molecule has 0 N–H and O–H groups in total. The zero-order valence-electron chi connectivity index (χ0n) is 20.0. The SMILES string of the molecule is C1CCOC1.O=CN1CC2(C1)CN(C(=O)c1cncs1)CC2c1nnc(C(F)(F)c2ccc(Cl)c(Cl)c2)o1. The van der Waals surface area contributed by atoms with Crippen molar-refractivity contribution in [2.24, 2.45) is 5.41 Å². The number of ether oxygens (including phenoxy) is 1. The van der Waals surface area contributed by atoms with Crippen molar-refractivity contribution in [2.75, 3.05) is 39.4 Å². The normalized spacial score (nSPS) is 20.3. The highest BCUT2D eigenvalue weighted by Crippen LogP contribution is 2.49. The maximum Gasteiger partial charge on any atom is 0.349 e. The van der Waals surface area contributed by atoms with Crippen LogP contribution >= 0.6 is 34.5 Å². The van der Waals surface area contributed by atoms with Crippen LogP contribution < -0.4 is 0 Å². The molecule has 3 aliphatic heterocycles. The quantitative estimate of drug-likeness (QED) is 0.407. The average Bonchev–Trinajstić information content (AvgIpc) is 3.70. The largest absolute Gasteiger partial charge is 0.419 e. The number of carbonyl (C=O) groups is 2. The van der Waals surface area contributed by atoms with Crippen LogP contribution in [-0.2, 0) is 15.5 Å². The van der Waals surface area contributed by atoms with Crippen LogP contribution in [0.3, 0.4) is 0 Å². The van der Waals surface area contributed by atoms with Crippen LogP contribution in [0.1, 0.15) is 45.8 Å². The minimum Gasteiger partial charge on any atom is -0.419 e. The lowest BCUT2D eigenvalue weighted by molar-refractivity contribution is -0.129. The second-order valence-corrected chi connectivity index (χ2v) is 11.1. The molecule has 0 bridgehead atoms. The molecule has 0 radical (unpaired) electrons. The molecule has 3 aromatic rings. The first-order valence-electron chi connectivity index (χ1n) is 11.9. The number of benzene rings is 1. The van der Waals surface area contributed by atoms with Gasteiger partial charge < -0.3 is 19.0 Å². The van der Waals surface area contributed by atoms with E-state index in [4.69, 9.17) is 32.4 Å². The maximum atomic E-state index is 15.1. The number of hydrogen-bond donors (Lipinski definition) is 0. The number of amides is 2. The van der Waals surface area contributed by atoms with Crippen LogP contribution in [0.2, 0.25) is 10.0 Å². The molecule has 14 heteroatoms. The van der Waals surface area contributed by atoms with Crippen LogP contribution in [0.15, 0.2) is 34.3 Å². The molecule has 1 atom stereocenters. The molecule has 6 rings (SSSR count). The zero-order valence-corrected chi connectivity index (χ0v) is 22.3. The Kier molecular flexibility index (Phi) is 7.67. The van der Waals surface area contributed by atoms with E-state index in [9.17, 15) is 9.59 Å². The van der Waals surface area contributed by atoms with Crippen LogP contribution in [0.5, 0.6) is 0 Å². The van der Waals surface area contributed by atoms with Gasteiger partial charge in [0.1, 0.15) is 4.88 Å². The third-order valence-electron chi connectivity index (χ3n) is 6.88. The second-order valence-electron chi connectivity index (χ2n) is 9.44. The molecule has 3 aliphatic rings. The lowest BCUT2D eigenvalue weighted by Crippen LogP contribution is -2.59. The maximum absolute atomic E-state index is 15.1. The average molecular weight is 586 g/mol. The number of thiazole rings is 1. The van der Waals surface area contributed by atoms with E-state index in [1.54, 1.807) is 15.3 Å². The number of aromatic nitrogens is 3. The van der Waals surface area contributed by atoms with Crippen LogP contribution in [0, 0.1) is 5.41 Å². The van der Waals surface area contributed by atoms with E-state index in [1.165, 1.54) is 36.4 Å². The molecule has 2 aromatic heterocycles. The molecule has 3 saturated heterocycles. The number of hydrogen-bond acceptors (Lipinski definition) is 8. The molecule has 38 heavy (non-hydrogen) atoms. The minimum atomic E-state index is -3.60. The van der Waals surface area contributed by atoms with Crippen molar-refractivity contribution < 1.29 is 27.5 Å². The molecule has 2 amide bonds. The molecule has 0 saturated carbocycles. The second kappa shape index (κ2) is 10.8. The van der Waals surface area contributed by atoms with E-state index in [0.717, 1.165) is 25.3 Å². The molecule has 3 fully saturated rings. The highest BCUT2D eigenvalue weighted by molar-refractivity contribution is 7.11. The van der Waals surface area contributed by atoms with Gasteiger partial charge in [0, 0.05) is 50.4 Å². The Hall–Kier alpha value is -2.67. The molecule has 1 aromatic carbocycles. The Morgan fingerprint density at radius 3 is 2.53 bits per heavy atom. The number of rotatable bonds is 5. The first kappa shape index (κ1) is 26.9. The Bertz CT molecular complexity index is 1290. The van der Waals surface area contributed by atoms with Gasteiger partial charge in [-0.1, -0.05) is 29.3 Å². The monoisotopic (exact) mass is 585 g/mol. The highest BCUT2D eigenvalue weighted by Gasteiger charge is 2.58. The topological polar surface area (TPSA) is 102 Å². The van der Waals surface area contributed by atoms with Crippen molar-refractivity contribution in [1.29, 1.82) is 0 Å². The molecule has 9 nitrogen and oxygen atoms in total. The number of halogens is 4. The van der Waals surface area contributed by atoms with Crippen LogP contribution in [-0.4, -0.2) is 76.7 Å². The predicted octanol–water partition coefficient (Wildman–Crippen LogP) is 4.47. The third kappa shape index (κ3) is 5.14. The van der Waals surface area contributed by atoms with Crippen molar-refractivity contribution in [3.8, 4) is 0 Å². The summed E-state index contributed by atoms with van der Waals surface area (Å²) in [6.07, 6.45) is 4.75. The van der Waals surface area contributed by atoms with Crippen LogP contribution in [0.4, 0.5) is 8.78 Å². The minimum absolute atomic E-state index is 0.00473. The van der Waals surface area contributed by atoms with E-state index in [-0.39, 0.29) is 28.4 Å². The van der Waals surface area contributed by atoms with Crippen molar-refractivity contribution in [2.45, 2.75) is 24.7 Å². The lowest BCUT2D eigenvalue weighted by Gasteiger charge is -2.48. The van der Waals surface area contributed by atoms with Gasteiger partial charge in [0.25, 0.3) is 11.8 Å². The van der Waals surface area contributed by atoms with Gasteiger partial charge in [-0.3, -0.25) is 14.6 Å². The summed E-state index contributed by atoms with van der Waals surface area (Å²) in [6, 6.07) is 3.45. The molecule has 1 unspecified atom stereocenters. The van der Waals surface area contributed by atoms with Crippen molar-refractivity contribution in [1.82, 2.24) is 25.0 Å². The van der Waals surface area contributed by atoms with E-state index < -0.39 is 28.7 Å². The van der Waals surface area contributed by atoms with E-state index in [2.05, 4.69) is 15.2 Å². The summed E-state index contributed by atoms with van der Waals surface area (Å²) in [6.45, 7) is 3.24. The predicted molar refractivity (Wildman–Crippen MR) is 135 cm³/mol. The standard InChI is InChI=1S/C20H15Cl2F2N5O3S.C4H8O/c21-13-2-1-11(3-14(13)22)20(23,24)18-27-26-16(32-18)12-5-29(17(31)15-4-25-9-33-15)8-19(12)6-28(7-19)10-30;1-2-4-5-3-1/h1-4,9-10,12H,5-8H2;1-4H2. The summed E-state index contributed by atoms with van der Waals surface area (Å²) >= 11 is 12.9. The Balaban J connectivity index is 0.000000529. The van der Waals surface area contributed by atoms with Crippen molar-refractivity contribution in [3.05, 3.63) is 62.2 Å². The number of alkyl halides is 2. The third-order valence-corrected chi connectivity index (χ3v) is 8.38. The van der Waals surface area contributed by atoms with Gasteiger partial charge in [-0.2, -0.15) is 8.78 Å². The highest BCUT2D eigenvalue weighted by atomic mass is 35.5. The summed E-state index contributed by atoms with van der Waals surface area (Å²) < 4.78 is 40.6. The van der Waals surface area contributed by atoms with Crippen LogP contribution in [0.25, 0.3) is 0 Å². The molecule has 1 spiro atoms.